The Morgan fingerprint density at radius 3 is 0.879 bits per heavy atom. The molecule has 0 saturated heterocycles. The molecule has 2 atom stereocenters. The van der Waals surface area contributed by atoms with Gasteiger partial charge in [0.15, 0.2) is 0 Å². The normalized spacial score (nSPS) is 12.8. The number of hydrogen-bond donors (Lipinski definition) is 3. The first-order chi connectivity index (χ1) is 32.7. The molecule has 0 heterocycles. The van der Waals surface area contributed by atoms with Crippen LogP contribution in [0.1, 0.15) is 348 Å². The first kappa shape index (κ1) is 64.9. The zero-order valence-electron chi connectivity index (χ0n) is 45.2. The molecule has 392 valence electrons. The van der Waals surface area contributed by atoms with E-state index in [2.05, 4.69) is 31.3 Å². The molecule has 4 nitrogen and oxygen atoms in total. The molecule has 0 aromatic rings. The number of unbranched alkanes of at least 4 members (excludes halogenated alkanes) is 48. The van der Waals surface area contributed by atoms with Crippen molar-refractivity contribution < 1.29 is 15.0 Å². The number of aliphatic hydroxyl groups excluding tert-OH is 2. The van der Waals surface area contributed by atoms with Crippen molar-refractivity contribution in [3.05, 3.63) is 24.3 Å². The summed E-state index contributed by atoms with van der Waals surface area (Å²) in [6.07, 6.45) is 78.1. The molecule has 0 spiro atoms. The lowest BCUT2D eigenvalue weighted by Crippen LogP contribution is -2.45. The van der Waals surface area contributed by atoms with Crippen LogP contribution >= 0.6 is 0 Å². The molecule has 0 aliphatic rings. The van der Waals surface area contributed by atoms with Crippen LogP contribution in [0.2, 0.25) is 0 Å². The van der Waals surface area contributed by atoms with E-state index < -0.39 is 12.1 Å². The van der Waals surface area contributed by atoms with Crippen molar-refractivity contribution in [3.63, 3.8) is 0 Å². The maximum Gasteiger partial charge on any atom is 0.220 e. The predicted molar refractivity (Wildman–Crippen MR) is 295 cm³/mol. The molecule has 0 aromatic heterocycles. The van der Waals surface area contributed by atoms with Crippen LogP contribution in [0, 0.1) is 0 Å². The van der Waals surface area contributed by atoms with Gasteiger partial charge in [-0.25, -0.2) is 0 Å². The molecule has 0 aliphatic carbocycles. The predicted octanol–water partition coefficient (Wildman–Crippen LogP) is 20.3. The monoisotopic (exact) mass is 928 g/mol. The molecule has 0 bridgehead atoms. The highest BCUT2D eigenvalue weighted by molar-refractivity contribution is 5.76. The van der Waals surface area contributed by atoms with E-state index in [0.29, 0.717) is 6.42 Å². The lowest BCUT2D eigenvalue weighted by molar-refractivity contribution is -0.123. The van der Waals surface area contributed by atoms with Gasteiger partial charge < -0.3 is 15.5 Å². The highest BCUT2D eigenvalue weighted by atomic mass is 16.3. The van der Waals surface area contributed by atoms with E-state index in [-0.39, 0.29) is 12.5 Å². The lowest BCUT2D eigenvalue weighted by Gasteiger charge is -2.19. The smallest absolute Gasteiger partial charge is 0.220 e. The molecule has 0 fully saturated rings. The number of aliphatic hydroxyl groups is 2. The third-order valence-corrected chi connectivity index (χ3v) is 14.4. The summed E-state index contributed by atoms with van der Waals surface area (Å²) in [5.74, 6) is -0.0668. The summed E-state index contributed by atoms with van der Waals surface area (Å²) >= 11 is 0. The molecular weight excluding hydrogens is 807 g/mol. The third kappa shape index (κ3) is 53.8. The van der Waals surface area contributed by atoms with Crippen molar-refractivity contribution in [1.29, 1.82) is 0 Å². The van der Waals surface area contributed by atoms with Crippen LogP contribution in [0.4, 0.5) is 0 Å². The Hall–Kier alpha value is -1.13. The summed E-state index contributed by atoms with van der Waals surface area (Å²) in [5.41, 5.74) is 0. The number of nitrogens with one attached hydrogen (secondary N) is 1. The van der Waals surface area contributed by atoms with Crippen LogP contribution in [0.25, 0.3) is 0 Å². The van der Waals surface area contributed by atoms with Gasteiger partial charge in [-0.1, -0.05) is 334 Å². The topological polar surface area (TPSA) is 69.6 Å². The maximum absolute atomic E-state index is 12.5. The second kappa shape index (κ2) is 58.2. The second-order valence-electron chi connectivity index (χ2n) is 21.1. The number of amides is 1. The number of rotatable bonds is 57. The summed E-state index contributed by atoms with van der Waals surface area (Å²) < 4.78 is 0. The van der Waals surface area contributed by atoms with Gasteiger partial charge in [0.25, 0.3) is 0 Å². The lowest BCUT2D eigenvalue weighted by atomic mass is 10.0. The number of allylic oxidation sites excluding steroid dienone is 3. The quantitative estimate of drug-likeness (QED) is 0.0420. The molecule has 1 amide bonds. The molecule has 0 radical (unpaired) electrons. The summed E-state index contributed by atoms with van der Waals surface area (Å²) in [6.45, 7) is 4.33. The Morgan fingerprint density at radius 2 is 0.591 bits per heavy atom. The average molecular weight is 929 g/mol. The first-order valence-corrected chi connectivity index (χ1v) is 30.6. The van der Waals surface area contributed by atoms with Crippen molar-refractivity contribution in [2.45, 2.75) is 360 Å². The van der Waals surface area contributed by atoms with Crippen molar-refractivity contribution in [2.75, 3.05) is 6.61 Å². The van der Waals surface area contributed by atoms with Crippen LogP contribution in [-0.4, -0.2) is 34.9 Å². The number of carbonyl (C=O) groups is 1. The van der Waals surface area contributed by atoms with Crippen molar-refractivity contribution in [2.24, 2.45) is 0 Å². The Kier molecular flexibility index (Phi) is 57.2. The number of hydrogen-bond acceptors (Lipinski definition) is 3. The third-order valence-electron chi connectivity index (χ3n) is 14.4. The van der Waals surface area contributed by atoms with Gasteiger partial charge in [-0.05, 0) is 32.1 Å². The Morgan fingerprint density at radius 1 is 0.348 bits per heavy atom. The fourth-order valence-corrected chi connectivity index (χ4v) is 9.79. The highest BCUT2D eigenvalue weighted by Gasteiger charge is 2.18. The van der Waals surface area contributed by atoms with E-state index in [9.17, 15) is 15.0 Å². The van der Waals surface area contributed by atoms with Gasteiger partial charge >= 0.3 is 0 Å². The van der Waals surface area contributed by atoms with Crippen molar-refractivity contribution >= 4 is 5.91 Å². The average Bonchev–Trinajstić information content (AvgIpc) is 3.32. The fraction of sp³-hybridized carbons (Fsp3) is 0.919. The van der Waals surface area contributed by atoms with E-state index in [0.717, 1.165) is 32.1 Å². The minimum absolute atomic E-state index is 0.0668. The van der Waals surface area contributed by atoms with Gasteiger partial charge in [0.05, 0.1) is 18.8 Å². The maximum atomic E-state index is 12.5. The SMILES string of the molecule is CCCCCCCCCCCC/C=C/CC/C=C/C(O)C(CO)NC(=O)CCCCCCCCCCCCCCCCCCCCCCCCCCCCCCCCCCCCCCCC. The van der Waals surface area contributed by atoms with Gasteiger partial charge in [0.1, 0.15) is 0 Å². The summed E-state index contributed by atoms with van der Waals surface area (Å²) in [5, 5.41) is 23.1. The van der Waals surface area contributed by atoms with Crippen molar-refractivity contribution in [3.8, 4) is 0 Å². The second-order valence-corrected chi connectivity index (χ2v) is 21.1. The summed E-state index contributed by atoms with van der Waals surface area (Å²) in [7, 11) is 0. The molecule has 0 aliphatic heterocycles. The minimum atomic E-state index is -0.859. The molecule has 66 heavy (non-hydrogen) atoms. The molecule has 0 rings (SSSR count). The number of carbonyl (C=O) groups excluding carboxylic acids is 1. The van der Waals surface area contributed by atoms with E-state index >= 15 is 0 Å². The van der Waals surface area contributed by atoms with Crippen LogP contribution in [0.15, 0.2) is 24.3 Å². The van der Waals surface area contributed by atoms with E-state index in [1.54, 1.807) is 6.08 Å². The van der Waals surface area contributed by atoms with Gasteiger partial charge in [-0.2, -0.15) is 0 Å². The first-order valence-electron chi connectivity index (χ1n) is 30.6. The molecule has 0 aromatic carbocycles. The van der Waals surface area contributed by atoms with Crippen LogP contribution in [0.5, 0.6) is 0 Å². The van der Waals surface area contributed by atoms with E-state index in [4.69, 9.17) is 0 Å². The standard InChI is InChI=1S/C62H121NO3/c1-3-5-7-9-11-13-15-17-19-21-22-23-24-25-26-27-28-29-30-31-32-33-34-35-36-37-38-39-40-41-42-44-46-48-50-52-54-56-58-62(66)63-60(59-64)61(65)57-55-53-51-49-47-45-43-20-18-16-14-12-10-8-6-4-2/h47,49,55,57,60-61,64-65H,3-46,48,50-54,56,58-59H2,1-2H3,(H,63,66)/b49-47+,57-55+. The van der Waals surface area contributed by atoms with Crippen molar-refractivity contribution in [1.82, 2.24) is 5.32 Å². The zero-order chi connectivity index (χ0) is 47.7. The molecule has 0 saturated carbocycles. The highest BCUT2D eigenvalue weighted by Crippen LogP contribution is 2.18. The Labute approximate surface area is 415 Å². The van der Waals surface area contributed by atoms with E-state index in [1.165, 1.54) is 295 Å². The van der Waals surface area contributed by atoms with Gasteiger partial charge in [0, 0.05) is 6.42 Å². The van der Waals surface area contributed by atoms with Crippen LogP contribution in [-0.2, 0) is 4.79 Å². The van der Waals surface area contributed by atoms with Gasteiger partial charge in [-0.3, -0.25) is 4.79 Å². The molecule has 4 heteroatoms. The molecule has 2 unspecified atom stereocenters. The molecular formula is C62H121NO3. The van der Waals surface area contributed by atoms with Crippen LogP contribution < -0.4 is 5.32 Å². The minimum Gasteiger partial charge on any atom is -0.394 e. The largest absolute Gasteiger partial charge is 0.394 e. The fourth-order valence-electron chi connectivity index (χ4n) is 9.79. The van der Waals surface area contributed by atoms with E-state index in [1.807, 2.05) is 6.08 Å². The van der Waals surface area contributed by atoms with Crippen LogP contribution in [0.3, 0.4) is 0 Å². The van der Waals surface area contributed by atoms with Gasteiger partial charge in [0.2, 0.25) is 5.91 Å². The zero-order valence-corrected chi connectivity index (χ0v) is 45.2. The summed E-state index contributed by atoms with van der Waals surface area (Å²) in [6, 6.07) is -0.636. The molecule has 3 N–H and O–H groups in total. The summed E-state index contributed by atoms with van der Waals surface area (Å²) in [4.78, 5) is 12.5. The Balaban J connectivity index is 3.38. The Bertz CT molecular complexity index is 963. The van der Waals surface area contributed by atoms with Gasteiger partial charge in [-0.15, -0.1) is 0 Å².